The summed E-state index contributed by atoms with van der Waals surface area (Å²) in [6.07, 6.45) is 6.25. The molecule has 1 N–H and O–H groups in total. The van der Waals surface area contributed by atoms with Crippen LogP contribution in [0.1, 0.15) is 57.8 Å². The highest BCUT2D eigenvalue weighted by Crippen LogP contribution is 2.32. The average Bonchev–Trinajstić information content (AvgIpc) is 2.71. The van der Waals surface area contributed by atoms with Gasteiger partial charge in [-0.05, 0) is 44.2 Å². The Morgan fingerprint density at radius 1 is 1.32 bits per heavy atom. The van der Waals surface area contributed by atoms with Crippen molar-refractivity contribution in [3.63, 3.8) is 0 Å². The molecule has 0 aliphatic carbocycles. The van der Waals surface area contributed by atoms with Crippen molar-refractivity contribution in [2.24, 2.45) is 12.5 Å². The van der Waals surface area contributed by atoms with Crippen molar-refractivity contribution in [1.82, 2.24) is 15.1 Å². The molecule has 0 aromatic carbocycles. The zero-order valence-electron chi connectivity index (χ0n) is 13.4. The van der Waals surface area contributed by atoms with Crippen LogP contribution in [0.2, 0.25) is 0 Å². The minimum atomic E-state index is 0.381. The number of aromatic nitrogens is 2. The third kappa shape index (κ3) is 4.64. The minimum Gasteiger partial charge on any atom is -0.316 e. The van der Waals surface area contributed by atoms with Gasteiger partial charge in [-0.25, -0.2) is 0 Å². The molecule has 1 rings (SSSR count). The zero-order chi connectivity index (χ0) is 14.3. The lowest BCUT2D eigenvalue weighted by atomic mass is 9.76. The van der Waals surface area contributed by atoms with Crippen LogP contribution < -0.4 is 5.32 Å². The summed E-state index contributed by atoms with van der Waals surface area (Å²) in [7, 11) is 2.07. The van der Waals surface area contributed by atoms with Crippen LogP contribution in [0.25, 0.3) is 0 Å². The summed E-state index contributed by atoms with van der Waals surface area (Å²) in [5.74, 6) is 0. The smallest absolute Gasteiger partial charge is 0.0596 e. The van der Waals surface area contributed by atoms with Gasteiger partial charge in [0.1, 0.15) is 0 Å². The molecular formula is C16H31N3. The number of aryl methyl sites for hydroxylation is 2. The Labute approximate surface area is 118 Å². The van der Waals surface area contributed by atoms with Gasteiger partial charge >= 0.3 is 0 Å². The molecule has 0 amide bonds. The summed E-state index contributed by atoms with van der Waals surface area (Å²) < 4.78 is 2.05. The van der Waals surface area contributed by atoms with Crippen LogP contribution in [0.5, 0.6) is 0 Å². The van der Waals surface area contributed by atoms with Gasteiger partial charge in [0.25, 0.3) is 0 Å². The number of hydrogen-bond acceptors (Lipinski definition) is 2. The van der Waals surface area contributed by atoms with E-state index >= 15 is 0 Å². The number of unbranched alkanes of at least 4 members (excludes halogenated alkanes) is 1. The van der Waals surface area contributed by atoms with Gasteiger partial charge in [0, 0.05) is 19.3 Å². The minimum absolute atomic E-state index is 0.381. The monoisotopic (exact) mass is 265 g/mol. The molecular weight excluding hydrogens is 234 g/mol. The highest BCUT2D eigenvalue weighted by atomic mass is 15.3. The molecule has 19 heavy (non-hydrogen) atoms. The second-order valence-corrected chi connectivity index (χ2v) is 5.81. The lowest BCUT2D eigenvalue weighted by molar-refractivity contribution is 0.226. The summed E-state index contributed by atoms with van der Waals surface area (Å²) in [5.41, 5.74) is 2.88. The highest BCUT2D eigenvalue weighted by molar-refractivity contribution is 5.11. The van der Waals surface area contributed by atoms with Crippen molar-refractivity contribution in [3.05, 3.63) is 17.5 Å². The normalized spacial score (nSPS) is 14.6. The van der Waals surface area contributed by atoms with E-state index in [9.17, 15) is 0 Å². The van der Waals surface area contributed by atoms with Crippen LogP contribution in [0.15, 0.2) is 6.07 Å². The van der Waals surface area contributed by atoms with Crippen molar-refractivity contribution >= 4 is 0 Å². The first kappa shape index (κ1) is 16.2. The van der Waals surface area contributed by atoms with Gasteiger partial charge in [0.05, 0.1) is 5.69 Å². The van der Waals surface area contributed by atoms with E-state index in [1.165, 1.54) is 31.4 Å². The van der Waals surface area contributed by atoms with E-state index in [1.807, 2.05) is 0 Å². The Hall–Kier alpha value is -0.830. The van der Waals surface area contributed by atoms with Crippen molar-refractivity contribution < 1.29 is 0 Å². The Morgan fingerprint density at radius 3 is 2.53 bits per heavy atom. The second kappa shape index (κ2) is 7.68. The summed E-state index contributed by atoms with van der Waals surface area (Å²) in [6.45, 7) is 11.0. The molecule has 1 aromatic rings. The molecule has 3 nitrogen and oxygen atoms in total. The van der Waals surface area contributed by atoms with Gasteiger partial charge in [-0.15, -0.1) is 0 Å². The largest absolute Gasteiger partial charge is 0.316 e. The van der Waals surface area contributed by atoms with Crippen molar-refractivity contribution in [2.75, 3.05) is 13.1 Å². The number of nitrogens with zero attached hydrogens (tertiary/aromatic N) is 2. The first-order chi connectivity index (χ1) is 9.06. The fourth-order valence-electron chi connectivity index (χ4n) is 2.82. The molecule has 1 atom stereocenters. The van der Waals surface area contributed by atoms with E-state index in [1.54, 1.807) is 0 Å². The SMILES string of the molecule is CCCCC(CC)(CNCC)Cc1cc(C)nn1C. The van der Waals surface area contributed by atoms with Crippen LogP contribution in [-0.4, -0.2) is 22.9 Å². The highest BCUT2D eigenvalue weighted by Gasteiger charge is 2.28. The Balaban J connectivity index is 2.84. The van der Waals surface area contributed by atoms with Crippen molar-refractivity contribution in [3.8, 4) is 0 Å². The average molecular weight is 265 g/mol. The van der Waals surface area contributed by atoms with Crippen molar-refractivity contribution in [1.29, 1.82) is 0 Å². The maximum atomic E-state index is 4.49. The third-order valence-electron chi connectivity index (χ3n) is 4.22. The maximum Gasteiger partial charge on any atom is 0.0596 e. The van der Waals surface area contributed by atoms with Crippen LogP contribution in [0, 0.1) is 12.3 Å². The van der Waals surface area contributed by atoms with Gasteiger partial charge in [-0.1, -0.05) is 33.6 Å². The fraction of sp³-hybridized carbons (Fsp3) is 0.812. The molecule has 3 heteroatoms. The summed E-state index contributed by atoms with van der Waals surface area (Å²) >= 11 is 0. The first-order valence-electron chi connectivity index (χ1n) is 7.77. The Bertz CT molecular complexity index is 360. The fourth-order valence-corrected chi connectivity index (χ4v) is 2.82. The van der Waals surface area contributed by atoms with Gasteiger partial charge < -0.3 is 5.32 Å². The molecule has 0 aliphatic rings. The second-order valence-electron chi connectivity index (χ2n) is 5.81. The van der Waals surface area contributed by atoms with Crippen LogP contribution >= 0.6 is 0 Å². The Morgan fingerprint density at radius 2 is 2.05 bits per heavy atom. The summed E-state index contributed by atoms with van der Waals surface area (Å²) in [6, 6.07) is 2.24. The van der Waals surface area contributed by atoms with E-state index in [4.69, 9.17) is 0 Å². The van der Waals surface area contributed by atoms with Gasteiger partial charge in [-0.2, -0.15) is 5.10 Å². The van der Waals surface area contributed by atoms with Crippen LogP contribution in [0.3, 0.4) is 0 Å². The lowest BCUT2D eigenvalue weighted by Gasteiger charge is -2.33. The van der Waals surface area contributed by atoms with Gasteiger partial charge in [0.2, 0.25) is 0 Å². The first-order valence-corrected chi connectivity index (χ1v) is 7.77. The predicted molar refractivity (Wildman–Crippen MR) is 82.4 cm³/mol. The molecule has 0 saturated heterocycles. The molecule has 0 saturated carbocycles. The molecule has 1 aromatic heterocycles. The molecule has 1 heterocycles. The van der Waals surface area contributed by atoms with E-state index in [0.717, 1.165) is 25.2 Å². The van der Waals surface area contributed by atoms with E-state index < -0.39 is 0 Å². The van der Waals surface area contributed by atoms with Crippen molar-refractivity contribution in [2.45, 2.75) is 59.8 Å². The quantitative estimate of drug-likeness (QED) is 0.741. The van der Waals surface area contributed by atoms with Crippen LogP contribution in [0.4, 0.5) is 0 Å². The molecule has 110 valence electrons. The van der Waals surface area contributed by atoms with E-state index in [0.29, 0.717) is 5.41 Å². The van der Waals surface area contributed by atoms with Gasteiger partial charge in [-0.3, -0.25) is 4.68 Å². The summed E-state index contributed by atoms with van der Waals surface area (Å²) in [4.78, 5) is 0. The molecule has 0 radical (unpaired) electrons. The topological polar surface area (TPSA) is 29.9 Å². The Kier molecular flexibility index (Phi) is 6.56. The number of nitrogens with one attached hydrogen (secondary N) is 1. The molecule has 0 bridgehead atoms. The van der Waals surface area contributed by atoms with Crippen LogP contribution in [-0.2, 0) is 13.5 Å². The van der Waals surface area contributed by atoms with Gasteiger partial charge in [0.15, 0.2) is 0 Å². The molecule has 0 spiro atoms. The molecule has 0 aliphatic heterocycles. The zero-order valence-corrected chi connectivity index (χ0v) is 13.4. The molecule has 0 fully saturated rings. The summed E-state index contributed by atoms with van der Waals surface area (Å²) in [5, 5.41) is 8.05. The lowest BCUT2D eigenvalue weighted by Crippen LogP contribution is -2.36. The predicted octanol–water partition coefficient (Wildman–Crippen LogP) is 3.47. The third-order valence-corrected chi connectivity index (χ3v) is 4.22. The molecule has 1 unspecified atom stereocenters. The number of rotatable bonds is 9. The number of hydrogen-bond donors (Lipinski definition) is 1. The standard InChI is InChI=1S/C16H31N3/c1-6-9-10-16(7-2,13-17-8-3)12-15-11-14(4)18-19(15)5/h11,17H,6-10,12-13H2,1-5H3. The van der Waals surface area contributed by atoms with E-state index in [-0.39, 0.29) is 0 Å². The van der Waals surface area contributed by atoms with E-state index in [2.05, 4.69) is 55.9 Å². The maximum absolute atomic E-state index is 4.49.